The maximum atomic E-state index is 12.0. The van der Waals surface area contributed by atoms with Crippen LogP contribution in [0.1, 0.15) is 10.4 Å². The lowest BCUT2D eigenvalue weighted by Crippen LogP contribution is -2.38. The molecule has 0 saturated carbocycles. The summed E-state index contributed by atoms with van der Waals surface area (Å²) in [5.41, 5.74) is -0.0223. The summed E-state index contributed by atoms with van der Waals surface area (Å²) < 4.78 is 4.88. The second-order valence-electron chi connectivity index (χ2n) is 5.32. The van der Waals surface area contributed by atoms with Crippen LogP contribution >= 0.6 is 0 Å². The van der Waals surface area contributed by atoms with Crippen LogP contribution in [0.25, 0.3) is 10.8 Å². The first-order chi connectivity index (χ1) is 11.4. The zero-order valence-electron chi connectivity index (χ0n) is 13.4. The van der Waals surface area contributed by atoms with E-state index in [1.54, 1.807) is 38.4 Å². The van der Waals surface area contributed by atoms with Gasteiger partial charge in [0.1, 0.15) is 11.3 Å². The molecule has 2 aromatic carbocycles. The van der Waals surface area contributed by atoms with Gasteiger partial charge < -0.3 is 20.1 Å². The summed E-state index contributed by atoms with van der Waals surface area (Å²) in [6.07, 6.45) is 0. The van der Waals surface area contributed by atoms with Crippen molar-refractivity contribution in [3.63, 3.8) is 0 Å². The summed E-state index contributed by atoms with van der Waals surface area (Å²) in [6, 6.07) is 10.2. The number of ether oxygens (including phenoxy) is 1. The second-order valence-corrected chi connectivity index (χ2v) is 5.32. The number of likely N-dealkylation sites (N-methyl/N-ethyl adjacent to an activating group) is 1. The minimum atomic E-state index is -0.813. The highest BCUT2D eigenvalue weighted by molar-refractivity contribution is 6.01. The first-order valence-electron chi connectivity index (χ1n) is 7.25. The van der Waals surface area contributed by atoms with Gasteiger partial charge in [-0.25, -0.2) is 4.79 Å². The van der Waals surface area contributed by atoms with Crippen molar-refractivity contribution in [2.24, 2.45) is 0 Å². The van der Waals surface area contributed by atoms with E-state index >= 15 is 0 Å². The Balaban J connectivity index is 1.97. The molecule has 2 N–H and O–H groups in total. The van der Waals surface area contributed by atoms with Crippen molar-refractivity contribution >= 4 is 28.6 Å². The van der Waals surface area contributed by atoms with Gasteiger partial charge in [0.25, 0.3) is 5.91 Å². The van der Waals surface area contributed by atoms with Crippen molar-refractivity contribution in [2.75, 3.05) is 27.2 Å². The zero-order chi connectivity index (χ0) is 17.7. The minimum Gasteiger partial charge on any atom is -0.506 e. The minimum absolute atomic E-state index is 0.0223. The molecular formula is C17H18N2O5. The maximum absolute atomic E-state index is 12.0. The Morgan fingerprint density at radius 1 is 1.12 bits per heavy atom. The van der Waals surface area contributed by atoms with Gasteiger partial charge in [0, 0.05) is 19.5 Å². The summed E-state index contributed by atoms with van der Waals surface area (Å²) in [5.74, 6) is -1.88. The monoisotopic (exact) mass is 330 g/mol. The summed E-state index contributed by atoms with van der Waals surface area (Å²) in [4.78, 5) is 36.3. The number of benzene rings is 2. The molecule has 24 heavy (non-hydrogen) atoms. The van der Waals surface area contributed by atoms with Crippen LogP contribution in [0.2, 0.25) is 0 Å². The van der Waals surface area contributed by atoms with Gasteiger partial charge in [-0.05, 0) is 11.5 Å². The van der Waals surface area contributed by atoms with Crippen LogP contribution in [0.5, 0.6) is 5.75 Å². The molecule has 7 heteroatoms. The number of nitrogens with zero attached hydrogens (tertiary/aromatic N) is 1. The number of hydrogen-bond acceptors (Lipinski definition) is 5. The highest BCUT2D eigenvalue weighted by Crippen LogP contribution is 2.28. The molecule has 0 aromatic heterocycles. The molecule has 0 fully saturated rings. The van der Waals surface area contributed by atoms with Crippen molar-refractivity contribution < 1.29 is 24.2 Å². The number of rotatable bonds is 5. The van der Waals surface area contributed by atoms with Crippen molar-refractivity contribution in [1.82, 2.24) is 10.2 Å². The summed E-state index contributed by atoms with van der Waals surface area (Å²) in [7, 11) is 3.13. The third-order valence-electron chi connectivity index (χ3n) is 3.39. The van der Waals surface area contributed by atoms with E-state index in [9.17, 15) is 19.5 Å². The molecule has 0 spiro atoms. The Morgan fingerprint density at radius 2 is 1.83 bits per heavy atom. The number of hydrogen-bond donors (Lipinski definition) is 2. The number of carbonyl (C=O) groups is 3. The normalized spacial score (nSPS) is 10.2. The number of esters is 1. The third kappa shape index (κ3) is 4.01. The Bertz CT molecular complexity index is 786. The van der Waals surface area contributed by atoms with E-state index in [0.717, 1.165) is 5.39 Å². The molecule has 126 valence electrons. The van der Waals surface area contributed by atoms with E-state index in [0.29, 0.717) is 5.39 Å². The van der Waals surface area contributed by atoms with Gasteiger partial charge in [-0.2, -0.15) is 0 Å². The molecule has 2 rings (SSSR count). The standard InChI is InChI=1S/C17H18N2O5/c1-19(2)15(21)9-18-14(20)10-24-17(23)13-8-7-11-5-3-4-6-12(11)16(13)22/h3-8,22H,9-10H2,1-2H3,(H,18,20). The number of phenols is 1. The van der Waals surface area contributed by atoms with E-state index in [1.807, 2.05) is 6.07 Å². The predicted molar refractivity (Wildman–Crippen MR) is 87.6 cm³/mol. The molecule has 0 heterocycles. The lowest BCUT2D eigenvalue weighted by molar-refractivity contribution is -0.131. The fourth-order valence-corrected chi connectivity index (χ4v) is 2.01. The van der Waals surface area contributed by atoms with Gasteiger partial charge in [0.2, 0.25) is 5.91 Å². The molecule has 2 amide bonds. The first kappa shape index (κ1) is 17.3. The second kappa shape index (κ2) is 7.45. The molecule has 7 nitrogen and oxygen atoms in total. The van der Waals surface area contributed by atoms with E-state index in [1.165, 1.54) is 11.0 Å². The van der Waals surface area contributed by atoms with Gasteiger partial charge >= 0.3 is 5.97 Å². The quantitative estimate of drug-likeness (QED) is 0.794. The molecule has 0 saturated heterocycles. The van der Waals surface area contributed by atoms with Crippen LogP contribution in [0.3, 0.4) is 0 Å². The smallest absolute Gasteiger partial charge is 0.342 e. The summed E-state index contributed by atoms with van der Waals surface area (Å²) >= 11 is 0. The number of fused-ring (bicyclic) bond motifs is 1. The number of aromatic hydroxyl groups is 1. The SMILES string of the molecule is CN(C)C(=O)CNC(=O)COC(=O)c1ccc2ccccc2c1O. The predicted octanol–water partition coefficient (Wildman–Crippen LogP) is 0.907. The Labute approximate surface area is 138 Å². The Kier molecular flexibility index (Phi) is 5.36. The largest absolute Gasteiger partial charge is 0.506 e. The topological polar surface area (TPSA) is 95.9 Å². The molecule has 0 atom stereocenters. The molecular weight excluding hydrogens is 312 g/mol. The van der Waals surface area contributed by atoms with Crippen molar-refractivity contribution in [3.05, 3.63) is 42.0 Å². The van der Waals surface area contributed by atoms with Crippen molar-refractivity contribution in [3.8, 4) is 5.75 Å². The summed E-state index contributed by atoms with van der Waals surface area (Å²) in [6.45, 7) is -0.712. The average Bonchev–Trinajstić information content (AvgIpc) is 2.58. The van der Waals surface area contributed by atoms with E-state index in [-0.39, 0.29) is 23.8 Å². The van der Waals surface area contributed by atoms with Crippen LogP contribution in [0.15, 0.2) is 36.4 Å². The number of carbonyl (C=O) groups excluding carboxylic acids is 3. The summed E-state index contributed by atoms with van der Waals surface area (Å²) in [5, 5.41) is 13.8. The van der Waals surface area contributed by atoms with E-state index < -0.39 is 18.5 Å². The van der Waals surface area contributed by atoms with Crippen LogP contribution in [0, 0.1) is 0 Å². The molecule has 0 aliphatic carbocycles. The molecule has 2 aromatic rings. The third-order valence-corrected chi connectivity index (χ3v) is 3.39. The number of phenolic OH excluding ortho intramolecular Hbond substituents is 1. The zero-order valence-corrected chi connectivity index (χ0v) is 13.4. The van der Waals surface area contributed by atoms with E-state index in [2.05, 4.69) is 5.32 Å². The van der Waals surface area contributed by atoms with Gasteiger partial charge in [0.05, 0.1) is 6.54 Å². The first-order valence-corrected chi connectivity index (χ1v) is 7.25. The highest BCUT2D eigenvalue weighted by Gasteiger charge is 2.16. The lowest BCUT2D eigenvalue weighted by atomic mass is 10.1. The number of nitrogens with one attached hydrogen (secondary N) is 1. The van der Waals surface area contributed by atoms with E-state index in [4.69, 9.17) is 4.74 Å². The van der Waals surface area contributed by atoms with Gasteiger partial charge in [-0.15, -0.1) is 0 Å². The molecule has 0 radical (unpaired) electrons. The van der Waals surface area contributed by atoms with Gasteiger partial charge in [-0.3, -0.25) is 9.59 Å². The highest BCUT2D eigenvalue weighted by atomic mass is 16.5. The average molecular weight is 330 g/mol. The number of amides is 2. The van der Waals surface area contributed by atoms with Gasteiger partial charge in [-0.1, -0.05) is 30.3 Å². The molecule has 0 unspecified atom stereocenters. The van der Waals surface area contributed by atoms with Crippen LogP contribution in [-0.4, -0.2) is 55.0 Å². The fourth-order valence-electron chi connectivity index (χ4n) is 2.01. The van der Waals surface area contributed by atoms with Crippen LogP contribution in [0.4, 0.5) is 0 Å². The van der Waals surface area contributed by atoms with Gasteiger partial charge in [0.15, 0.2) is 6.61 Å². The maximum Gasteiger partial charge on any atom is 0.342 e. The van der Waals surface area contributed by atoms with Crippen LogP contribution in [-0.2, 0) is 14.3 Å². The van der Waals surface area contributed by atoms with Crippen molar-refractivity contribution in [1.29, 1.82) is 0 Å². The van der Waals surface area contributed by atoms with Crippen LogP contribution < -0.4 is 5.32 Å². The molecule has 0 bridgehead atoms. The Morgan fingerprint density at radius 3 is 2.54 bits per heavy atom. The fraction of sp³-hybridized carbons (Fsp3) is 0.235. The molecule has 0 aliphatic heterocycles. The Hall–Kier alpha value is -3.09. The lowest BCUT2D eigenvalue weighted by Gasteiger charge is -2.11. The van der Waals surface area contributed by atoms with Crippen molar-refractivity contribution in [2.45, 2.75) is 0 Å². The molecule has 0 aliphatic rings.